The molecule has 1 amide bonds. The zero-order valence-electron chi connectivity index (χ0n) is 25.7. The van der Waals surface area contributed by atoms with E-state index in [4.69, 9.17) is 9.84 Å². The van der Waals surface area contributed by atoms with Gasteiger partial charge >= 0.3 is 5.97 Å². The molecular formula is C33H43FN2O6S2. The van der Waals surface area contributed by atoms with Crippen molar-refractivity contribution < 1.29 is 32.2 Å². The maximum atomic E-state index is 14.2. The maximum Gasteiger partial charge on any atom is 0.368 e. The first kappa shape index (κ1) is 33.8. The molecule has 0 saturated heterocycles. The lowest BCUT2D eigenvalue weighted by Gasteiger charge is -2.37. The first-order chi connectivity index (χ1) is 21.0. The number of aliphatic carboxylic acids is 1. The molecule has 0 radical (unpaired) electrons. The van der Waals surface area contributed by atoms with Gasteiger partial charge in [0.1, 0.15) is 12.0 Å². The van der Waals surface area contributed by atoms with E-state index >= 15 is 0 Å². The molecule has 2 aliphatic rings. The minimum absolute atomic E-state index is 0.0325. The largest absolute Gasteiger partial charge is 0.476 e. The molecule has 2 aromatic carbocycles. The number of nitrogens with one attached hydrogen (secondary N) is 1. The molecule has 1 heterocycles. The van der Waals surface area contributed by atoms with Crippen LogP contribution in [0.5, 0.6) is 5.75 Å². The predicted molar refractivity (Wildman–Crippen MR) is 173 cm³/mol. The van der Waals surface area contributed by atoms with Gasteiger partial charge in [0.05, 0.1) is 21.2 Å². The van der Waals surface area contributed by atoms with E-state index in [9.17, 15) is 22.4 Å². The highest BCUT2D eigenvalue weighted by molar-refractivity contribution is 7.98. The molecule has 1 aliphatic heterocycles. The Bertz CT molecular complexity index is 1460. The second-order valence-electron chi connectivity index (χ2n) is 11.9. The number of carbonyl (C=O) groups is 2. The minimum Gasteiger partial charge on any atom is -0.476 e. The van der Waals surface area contributed by atoms with Gasteiger partial charge in [0, 0.05) is 35.3 Å². The van der Waals surface area contributed by atoms with Crippen LogP contribution in [0, 0.1) is 11.3 Å². The van der Waals surface area contributed by atoms with E-state index in [0.29, 0.717) is 29.1 Å². The molecule has 0 spiro atoms. The summed E-state index contributed by atoms with van der Waals surface area (Å²) in [5.74, 6) is -3.18. The zero-order valence-corrected chi connectivity index (χ0v) is 27.4. The van der Waals surface area contributed by atoms with Crippen molar-refractivity contribution in [3.05, 3.63) is 48.5 Å². The van der Waals surface area contributed by atoms with Crippen LogP contribution >= 0.6 is 11.8 Å². The van der Waals surface area contributed by atoms with Gasteiger partial charge in [-0.3, -0.25) is 4.79 Å². The van der Waals surface area contributed by atoms with E-state index in [1.54, 1.807) is 12.3 Å². The fourth-order valence-electron chi connectivity index (χ4n) is 6.27. The summed E-state index contributed by atoms with van der Waals surface area (Å²) in [5, 5.41) is 12.0. The van der Waals surface area contributed by atoms with Crippen LogP contribution in [0.2, 0.25) is 0 Å². The lowest BCUT2D eigenvalue weighted by Crippen LogP contribution is -2.38. The summed E-state index contributed by atoms with van der Waals surface area (Å²) in [7, 11) is -3.84. The van der Waals surface area contributed by atoms with Crippen molar-refractivity contribution in [1.82, 2.24) is 0 Å². The summed E-state index contributed by atoms with van der Waals surface area (Å²) < 4.78 is 47.6. The number of nitrogens with zero attached hydrogens (tertiary/aromatic N) is 1. The molecule has 2 aromatic rings. The van der Waals surface area contributed by atoms with Crippen molar-refractivity contribution >= 4 is 50.5 Å². The number of hydrogen-bond donors (Lipinski definition) is 2. The molecule has 44 heavy (non-hydrogen) atoms. The molecule has 2 N–H and O–H groups in total. The summed E-state index contributed by atoms with van der Waals surface area (Å²) in [4.78, 5) is 26.4. The predicted octanol–water partition coefficient (Wildman–Crippen LogP) is 8.10. The Morgan fingerprint density at radius 3 is 2.32 bits per heavy atom. The summed E-state index contributed by atoms with van der Waals surface area (Å²) in [6.45, 7) is 4.68. The molecule has 4 rings (SSSR count). The van der Waals surface area contributed by atoms with Gasteiger partial charge in [-0.2, -0.15) is 4.39 Å². The number of carbonyl (C=O) groups excluding carboxylic acids is 1. The van der Waals surface area contributed by atoms with Crippen LogP contribution in [-0.4, -0.2) is 44.0 Å². The number of benzene rings is 2. The van der Waals surface area contributed by atoms with Crippen LogP contribution in [0.15, 0.2) is 58.3 Å². The number of unbranched alkanes of at least 4 members (excludes halogenated alkanes) is 2. The van der Waals surface area contributed by atoms with Crippen LogP contribution in [0.3, 0.4) is 0 Å². The van der Waals surface area contributed by atoms with E-state index < -0.39 is 27.0 Å². The normalized spacial score (nSPS) is 18.0. The van der Waals surface area contributed by atoms with Gasteiger partial charge in [-0.1, -0.05) is 52.4 Å². The van der Waals surface area contributed by atoms with Gasteiger partial charge in [0.15, 0.2) is 9.84 Å². The third-order valence-electron chi connectivity index (χ3n) is 8.65. The molecule has 0 aromatic heterocycles. The third kappa shape index (κ3) is 7.96. The fourth-order valence-corrected chi connectivity index (χ4v) is 8.93. The fraction of sp³-hybridized carbons (Fsp3) is 0.515. The van der Waals surface area contributed by atoms with E-state index in [-0.39, 0.29) is 28.2 Å². The standard InChI is InChI=1S/C33H43FN2O6S2/c1-4-6-16-33(17-7-5-2)21-36(25-14-12-24(13-15-25)35-31(37)23-10-8-9-11-23)27-18-29(43-3)28(42-20-26(34)32(38)39)19-30(27)44(40,41)22-33/h12-15,18-20,23H,4-11,16-17,21-22H2,1-3H3,(H,35,37)(H,38,39)/b26-20-. The quantitative estimate of drug-likeness (QED) is 0.128. The number of rotatable bonds is 13. The van der Waals surface area contributed by atoms with E-state index in [1.807, 2.05) is 29.2 Å². The number of halogens is 1. The summed E-state index contributed by atoms with van der Waals surface area (Å²) >= 11 is 1.29. The number of anilines is 3. The lowest BCUT2D eigenvalue weighted by molar-refractivity contribution is -0.134. The Morgan fingerprint density at radius 1 is 1.11 bits per heavy atom. The number of amides is 1. The zero-order chi connectivity index (χ0) is 31.9. The van der Waals surface area contributed by atoms with Crippen LogP contribution < -0.4 is 15.0 Å². The first-order valence-corrected chi connectivity index (χ1v) is 18.3. The van der Waals surface area contributed by atoms with Crippen LogP contribution in [0.4, 0.5) is 21.5 Å². The molecule has 11 heteroatoms. The van der Waals surface area contributed by atoms with Gasteiger partial charge < -0.3 is 20.1 Å². The highest BCUT2D eigenvalue weighted by atomic mass is 32.2. The Hall–Kier alpha value is -3.05. The smallest absolute Gasteiger partial charge is 0.368 e. The van der Waals surface area contributed by atoms with Crippen molar-refractivity contribution in [2.24, 2.45) is 11.3 Å². The number of sulfone groups is 1. The number of carboxylic acids is 1. The highest BCUT2D eigenvalue weighted by Gasteiger charge is 2.42. The van der Waals surface area contributed by atoms with Crippen molar-refractivity contribution in [2.45, 2.75) is 87.8 Å². The number of thioether (sulfide) groups is 1. The Labute approximate surface area is 264 Å². The number of hydrogen-bond acceptors (Lipinski definition) is 7. The van der Waals surface area contributed by atoms with Gasteiger partial charge in [-0.05, 0) is 62.3 Å². The summed E-state index contributed by atoms with van der Waals surface area (Å²) in [5.41, 5.74) is 1.45. The third-order valence-corrected chi connectivity index (χ3v) is 11.4. The van der Waals surface area contributed by atoms with E-state index in [0.717, 1.165) is 69.9 Å². The molecule has 1 aliphatic carbocycles. The van der Waals surface area contributed by atoms with Crippen LogP contribution in [-0.2, 0) is 19.4 Å². The Morgan fingerprint density at radius 2 is 1.75 bits per heavy atom. The highest BCUT2D eigenvalue weighted by Crippen LogP contribution is 2.48. The monoisotopic (exact) mass is 646 g/mol. The topological polar surface area (TPSA) is 113 Å². The Balaban J connectivity index is 1.81. The van der Waals surface area contributed by atoms with Gasteiger partial charge in [0.25, 0.3) is 0 Å². The van der Waals surface area contributed by atoms with Crippen molar-refractivity contribution in [1.29, 1.82) is 0 Å². The van der Waals surface area contributed by atoms with E-state index in [1.165, 1.54) is 17.8 Å². The molecule has 8 nitrogen and oxygen atoms in total. The maximum absolute atomic E-state index is 14.2. The van der Waals surface area contributed by atoms with Crippen molar-refractivity contribution in [3.63, 3.8) is 0 Å². The average molecular weight is 647 g/mol. The van der Waals surface area contributed by atoms with Crippen LogP contribution in [0.1, 0.15) is 78.1 Å². The summed E-state index contributed by atoms with van der Waals surface area (Å²) in [6.07, 6.45) is 11.4. The molecule has 0 atom stereocenters. The molecule has 1 fully saturated rings. The number of carboxylic acid groups (broad SMARTS) is 1. The number of fused-ring (bicyclic) bond motifs is 1. The second kappa shape index (κ2) is 14.8. The van der Waals surface area contributed by atoms with Crippen molar-refractivity contribution in [2.75, 3.05) is 28.8 Å². The average Bonchev–Trinajstić information content (AvgIpc) is 3.53. The van der Waals surface area contributed by atoms with Gasteiger partial charge in [0.2, 0.25) is 11.7 Å². The Kier molecular flexibility index (Phi) is 11.4. The van der Waals surface area contributed by atoms with Crippen molar-refractivity contribution in [3.8, 4) is 5.75 Å². The van der Waals surface area contributed by atoms with Gasteiger partial charge in [-0.25, -0.2) is 13.2 Å². The van der Waals surface area contributed by atoms with E-state index in [2.05, 4.69) is 19.2 Å². The summed E-state index contributed by atoms with van der Waals surface area (Å²) in [6, 6.07) is 10.6. The second-order valence-corrected chi connectivity index (χ2v) is 14.7. The molecular weight excluding hydrogens is 604 g/mol. The molecule has 0 unspecified atom stereocenters. The number of ether oxygens (including phenoxy) is 1. The lowest BCUT2D eigenvalue weighted by atomic mass is 9.79. The minimum atomic E-state index is -3.84. The first-order valence-electron chi connectivity index (χ1n) is 15.4. The SMILES string of the molecule is CCCCC1(CCCC)CN(c2ccc(NC(=O)C3CCCC3)cc2)c2cc(SC)c(O/C=C(\F)C(=O)O)cc2S(=O)(=O)C1. The van der Waals surface area contributed by atoms with Gasteiger partial charge in [-0.15, -0.1) is 11.8 Å². The molecule has 240 valence electrons. The molecule has 1 saturated carbocycles. The van der Waals surface area contributed by atoms with Crippen LogP contribution in [0.25, 0.3) is 0 Å². The molecule has 0 bridgehead atoms.